The molecule has 2 aliphatic heterocycles. The maximum absolute atomic E-state index is 5.41. The number of nitrogens with zero attached hydrogens (tertiary/aromatic N) is 4. The van der Waals surface area contributed by atoms with Crippen LogP contribution >= 0.6 is 24.8 Å². The van der Waals surface area contributed by atoms with Gasteiger partial charge in [-0.25, -0.2) is 9.50 Å². The zero-order valence-corrected chi connectivity index (χ0v) is 14.6. The number of aromatic nitrogens is 3. The van der Waals surface area contributed by atoms with Crippen molar-refractivity contribution in [2.45, 2.75) is 18.8 Å². The molecule has 8 heteroatoms. The summed E-state index contributed by atoms with van der Waals surface area (Å²) in [5, 5.41) is 8.10. The van der Waals surface area contributed by atoms with Crippen LogP contribution in [0.25, 0.3) is 5.65 Å². The fraction of sp³-hybridized carbons (Fsp3) is 0.600. The van der Waals surface area contributed by atoms with Crippen molar-refractivity contribution in [2.75, 3.05) is 44.3 Å². The molecule has 0 amide bonds. The molecule has 0 radical (unpaired) electrons. The van der Waals surface area contributed by atoms with E-state index in [0.717, 1.165) is 63.7 Å². The van der Waals surface area contributed by atoms with Crippen molar-refractivity contribution in [3.63, 3.8) is 0 Å². The van der Waals surface area contributed by atoms with E-state index in [1.54, 1.807) is 0 Å². The van der Waals surface area contributed by atoms with E-state index in [1.165, 1.54) is 5.69 Å². The van der Waals surface area contributed by atoms with Crippen LogP contribution in [-0.2, 0) is 4.74 Å². The van der Waals surface area contributed by atoms with E-state index in [2.05, 4.69) is 28.5 Å². The van der Waals surface area contributed by atoms with E-state index in [4.69, 9.17) is 14.8 Å². The molecule has 2 fully saturated rings. The van der Waals surface area contributed by atoms with Gasteiger partial charge in [0.1, 0.15) is 0 Å². The number of anilines is 1. The van der Waals surface area contributed by atoms with Crippen LogP contribution in [0.15, 0.2) is 18.3 Å². The van der Waals surface area contributed by atoms with Crippen molar-refractivity contribution in [2.24, 2.45) is 0 Å². The number of rotatable bonds is 2. The Kier molecular flexibility index (Phi) is 6.47. The van der Waals surface area contributed by atoms with Gasteiger partial charge in [0.25, 0.3) is 0 Å². The molecule has 0 bridgehead atoms. The Morgan fingerprint density at radius 3 is 2.57 bits per heavy atom. The minimum absolute atomic E-state index is 0. The summed E-state index contributed by atoms with van der Waals surface area (Å²) in [6.07, 6.45) is 4.36. The van der Waals surface area contributed by atoms with Gasteiger partial charge in [0.15, 0.2) is 11.5 Å². The average molecular weight is 360 g/mol. The van der Waals surface area contributed by atoms with Crippen LogP contribution in [0.3, 0.4) is 0 Å². The van der Waals surface area contributed by atoms with Gasteiger partial charge < -0.3 is 15.0 Å². The predicted octanol–water partition coefficient (Wildman–Crippen LogP) is 1.88. The zero-order valence-electron chi connectivity index (χ0n) is 13.0. The van der Waals surface area contributed by atoms with E-state index in [1.807, 2.05) is 4.52 Å². The molecule has 2 aliphatic rings. The van der Waals surface area contributed by atoms with Crippen molar-refractivity contribution in [1.29, 1.82) is 0 Å². The second-order valence-corrected chi connectivity index (χ2v) is 5.78. The minimum Gasteiger partial charge on any atom is -0.378 e. The van der Waals surface area contributed by atoms with E-state index in [9.17, 15) is 0 Å². The van der Waals surface area contributed by atoms with Crippen LogP contribution in [0, 0.1) is 0 Å². The lowest BCUT2D eigenvalue weighted by Crippen LogP contribution is -2.36. The van der Waals surface area contributed by atoms with Gasteiger partial charge in [-0.15, -0.1) is 24.8 Å². The fourth-order valence-electron chi connectivity index (χ4n) is 3.15. The molecule has 0 spiro atoms. The highest BCUT2D eigenvalue weighted by Gasteiger charge is 2.20. The zero-order chi connectivity index (χ0) is 14.1. The van der Waals surface area contributed by atoms with E-state index >= 15 is 0 Å². The number of fused-ring (bicyclic) bond motifs is 1. The maximum Gasteiger partial charge on any atom is 0.155 e. The van der Waals surface area contributed by atoms with Gasteiger partial charge in [0, 0.05) is 19.0 Å². The second kappa shape index (κ2) is 8.15. The Morgan fingerprint density at radius 1 is 1.09 bits per heavy atom. The molecular weight excluding hydrogens is 337 g/mol. The Morgan fingerprint density at radius 2 is 1.83 bits per heavy atom. The number of ether oxygens (including phenoxy) is 1. The first-order valence-electron chi connectivity index (χ1n) is 7.80. The van der Waals surface area contributed by atoms with E-state index in [-0.39, 0.29) is 24.8 Å². The molecular formula is C15H23Cl2N5O. The molecule has 4 heterocycles. The quantitative estimate of drug-likeness (QED) is 0.886. The fourth-order valence-corrected chi connectivity index (χ4v) is 3.15. The van der Waals surface area contributed by atoms with Crippen LogP contribution in [0.4, 0.5) is 5.69 Å². The summed E-state index contributed by atoms with van der Waals surface area (Å²) >= 11 is 0. The molecule has 4 rings (SSSR count). The predicted molar refractivity (Wildman–Crippen MR) is 95.4 cm³/mol. The Bertz CT molecular complexity index is 607. The summed E-state index contributed by atoms with van der Waals surface area (Å²) in [6.45, 7) is 5.63. The largest absolute Gasteiger partial charge is 0.378 e. The highest BCUT2D eigenvalue weighted by Crippen LogP contribution is 2.23. The first kappa shape index (κ1) is 18.3. The lowest BCUT2D eigenvalue weighted by molar-refractivity contribution is 0.122. The summed E-state index contributed by atoms with van der Waals surface area (Å²) in [7, 11) is 0. The van der Waals surface area contributed by atoms with Crippen LogP contribution in [0.1, 0.15) is 24.6 Å². The number of nitrogens with one attached hydrogen (secondary N) is 1. The smallest absolute Gasteiger partial charge is 0.155 e. The Hall–Kier alpha value is -1.08. The van der Waals surface area contributed by atoms with Crippen molar-refractivity contribution >= 4 is 36.1 Å². The van der Waals surface area contributed by atoms with Gasteiger partial charge in [-0.3, -0.25) is 0 Å². The number of hydrogen-bond acceptors (Lipinski definition) is 5. The minimum atomic E-state index is 0. The van der Waals surface area contributed by atoms with Gasteiger partial charge in [0.05, 0.1) is 25.1 Å². The number of morpholine rings is 1. The first-order valence-corrected chi connectivity index (χ1v) is 7.80. The van der Waals surface area contributed by atoms with Crippen molar-refractivity contribution in [3.8, 4) is 0 Å². The number of piperidine rings is 1. The molecule has 1 N–H and O–H groups in total. The third kappa shape index (κ3) is 3.88. The lowest BCUT2D eigenvalue weighted by atomic mass is 9.98. The summed E-state index contributed by atoms with van der Waals surface area (Å²) in [5.41, 5.74) is 2.15. The van der Waals surface area contributed by atoms with Gasteiger partial charge in [-0.2, -0.15) is 5.10 Å². The second-order valence-electron chi connectivity index (χ2n) is 5.78. The van der Waals surface area contributed by atoms with Crippen molar-refractivity contribution < 1.29 is 4.74 Å². The summed E-state index contributed by atoms with van der Waals surface area (Å²) in [5.74, 6) is 1.49. The van der Waals surface area contributed by atoms with Crippen LogP contribution < -0.4 is 10.2 Å². The Balaban J connectivity index is 0.000000960. The highest BCUT2D eigenvalue weighted by atomic mass is 35.5. The SMILES string of the molecule is Cl.Cl.c1cc2nc(C3CCNCC3)nn2cc1N1CCOCC1. The molecule has 2 aromatic rings. The van der Waals surface area contributed by atoms with Crippen LogP contribution in [0.5, 0.6) is 0 Å². The number of pyridine rings is 1. The third-order valence-corrected chi connectivity index (χ3v) is 4.41. The average Bonchev–Trinajstić information content (AvgIpc) is 2.99. The monoisotopic (exact) mass is 359 g/mol. The summed E-state index contributed by atoms with van der Waals surface area (Å²) < 4.78 is 7.34. The summed E-state index contributed by atoms with van der Waals surface area (Å²) in [4.78, 5) is 7.05. The van der Waals surface area contributed by atoms with E-state index < -0.39 is 0 Å². The molecule has 0 aromatic carbocycles. The molecule has 6 nitrogen and oxygen atoms in total. The molecule has 2 aromatic heterocycles. The third-order valence-electron chi connectivity index (χ3n) is 4.41. The van der Waals surface area contributed by atoms with Gasteiger partial charge in [-0.05, 0) is 38.1 Å². The summed E-state index contributed by atoms with van der Waals surface area (Å²) in [6, 6.07) is 4.21. The molecule has 0 unspecified atom stereocenters. The standard InChI is InChI=1S/C15H21N5O.2ClH/c1-2-14-17-15(12-3-5-16-6-4-12)18-20(14)11-13(1)19-7-9-21-10-8-19;;/h1-2,11-12,16H,3-10H2;2*1H. The van der Waals surface area contributed by atoms with Crippen molar-refractivity contribution in [1.82, 2.24) is 19.9 Å². The van der Waals surface area contributed by atoms with Gasteiger partial charge in [-0.1, -0.05) is 0 Å². The number of halogens is 2. The van der Waals surface area contributed by atoms with E-state index in [0.29, 0.717) is 5.92 Å². The Labute approximate surface area is 148 Å². The number of hydrogen-bond donors (Lipinski definition) is 1. The topological polar surface area (TPSA) is 54.7 Å². The normalized spacial score (nSPS) is 19.2. The first-order chi connectivity index (χ1) is 10.4. The molecule has 0 atom stereocenters. The molecule has 0 saturated carbocycles. The van der Waals surface area contributed by atoms with Gasteiger partial charge in [0.2, 0.25) is 0 Å². The van der Waals surface area contributed by atoms with Crippen LogP contribution in [0.2, 0.25) is 0 Å². The van der Waals surface area contributed by atoms with Gasteiger partial charge >= 0.3 is 0 Å². The van der Waals surface area contributed by atoms with Crippen LogP contribution in [-0.4, -0.2) is 54.0 Å². The molecule has 2 saturated heterocycles. The maximum atomic E-state index is 5.41. The lowest BCUT2D eigenvalue weighted by Gasteiger charge is -2.28. The van der Waals surface area contributed by atoms with Crippen molar-refractivity contribution in [3.05, 3.63) is 24.2 Å². The molecule has 23 heavy (non-hydrogen) atoms. The highest BCUT2D eigenvalue weighted by molar-refractivity contribution is 5.85. The molecule has 128 valence electrons. The molecule has 0 aliphatic carbocycles.